The summed E-state index contributed by atoms with van der Waals surface area (Å²) in [6.45, 7) is -0.461. The van der Waals surface area contributed by atoms with E-state index >= 15 is 0 Å². The number of carboxylic acids is 1. The summed E-state index contributed by atoms with van der Waals surface area (Å²) >= 11 is 0. The van der Waals surface area contributed by atoms with E-state index < -0.39 is 18.5 Å². The molecule has 0 aromatic heterocycles. The molecular formula is C10H12O5. The van der Waals surface area contributed by atoms with Crippen LogP contribution in [-0.4, -0.2) is 33.0 Å². The fourth-order valence-electron chi connectivity index (χ4n) is 1.21. The molecule has 5 heteroatoms. The third kappa shape index (κ3) is 2.85. The maximum absolute atomic E-state index is 10.6. The first kappa shape index (κ1) is 11.3. The van der Waals surface area contributed by atoms with Crippen molar-refractivity contribution in [2.45, 2.75) is 6.42 Å². The van der Waals surface area contributed by atoms with Gasteiger partial charge < -0.3 is 20.4 Å². The predicted molar refractivity (Wildman–Crippen MR) is 51.7 cm³/mol. The first-order valence-corrected chi connectivity index (χ1v) is 4.39. The zero-order valence-corrected chi connectivity index (χ0v) is 7.92. The quantitative estimate of drug-likeness (QED) is 0.539. The van der Waals surface area contributed by atoms with E-state index in [-0.39, 0.29) is 17.9 Å². The second-order valence-electron chi connectivity index (χ2n) is 3.24. The van der Waals surface area contributed by atoms with Gasteiger partial charge >= 0.3 is 5.97 Å². The minimum Gasteiger partial charge on any atom is -0.504 e. The number of hydrogen-bond donors (Lipinski definition) is 4. The van der Waals surface area contributed by atoms with Crippen LogP contribution in [0.4, 0.5) is 0 Å². The molecule has 0 aliphatic carbocycles. The van der Waals surface area contributed by atoms with E-state index in [1.807, 2.05) is 0 Å². The van der Waals surface area contributed by atoms with Crippen LogP contribution in [-0.2, 0) is 11.2 Å². The smallest absolute Gasteiger partial charge is 0.309 e. The summed E-state index contributed by atoms with van der Waals surface area (Å²) in [5.74, 6) is -2.54. The maximum Gasteiger partial charge on any atom is 0.309 e. The van der Waals surface area contributed by atoms with Crippen LogP contribution in [0.2, 0.25) is 0 Å². The largest absolute Gasteiger partial charge is 0.504 e. The van der Waals surface area contributed by atoms with Crippen LogP contribution < -0.4 is 0 Å². The normalized spacial score (nSPS) is 12.3. The number of carbonyl (C=O) groups is 1. The van der Waals surface area contributed by atoms with E-state index in [9.17, 15) is 4.79 Å². The van der Waals surface area contributed by atoms with Crippen molar-refractivity contribution < 1.29 is 25.2 Å². The molecule has 82 valence electrons. The van der Waals surface area contributed by atoms with Gasteiger partial charge in [0.15, 0.2) is 11.5 Å². The average molecular weight is 212 g/mol. The van der Waals surface area contributed by atoms with E-state index in [1.54, 1.807) is 0 Å². The Labute approximate surface area is 86.2 Å². The second-order valence-corrected chi connectivity index (χ2v) is 3.24. The van der Waals surface area contributed by atoms with Gasteiger partial charge in [0.2, 0.25) is 0 Å². The highest BCUT2D eigenvalue weighted by atomic mass is 16.4. The van der Waals surface area contributed by atoms with E-state index in [0.717, 1.165) is 0 Å². The minimum atomic E-state index is -1.09. The molecule has 0 fully saturated rings. The molecule has 0 amide bonds. The summed E-state index contributed by atoms with van der Waals surface area (Å²) in [7, 11) is 0. The van der Waals surface area contributed by atoms with Crippen LogP contribution in [0.15, 0.2) is 18.2 Å². The van der Waals surface area contributed by atoms with Crippen molar-refractivity contribution in [3.05, 3.63) is 23.8 Å². The molecule has 0 bridgehead atoms. The van der Waals surface area contributed by atoms with Crippen molar-refractivity contribution in [3.8, 4) is 11.5 Å². The SMILES string of the molecule is O=C(O)C(CO)Cc1ccc(O)c(O)c1. The van der Waals surface area contributed by atoms with Crippen molar-refractivity contribution >= 4 is 5.97 Å². The van der Waals surface area contributed by atoms with E-state index in [4.69, 9.17) is 20.4 Å². The highest BCUT2D eigenvalue weighted by molar-refractivity contribution is 5.70. The standard InChI is InChI=1S/C10H12O5/c11-5-7(10(14)15)3-6-1-2-8(12)9(13)4-6/h1-2,4,7,11-13H,3,5H2,(H,14,15). The number of phenolic OH excluding ortho intramolecular Hbond substituents is 2. The number of aromatic hydroxyl groups is 2. The van der Waals surface area contributed by atoms with Gasteiger partial charge in [0.05, 0.1) is 12.5 Å². The maximum atomic E-state index is 10.6. The molecule has 0 aliphatic rings. The van der Waals surface area contributed by atoms with Crippen molar-refractivity contribution in [2.24, 2.45) is 5.92 Å². The lowest BCUT2D eigenvalue weighted by molar-refractivity contribution is -0.143. The third-order valence-corrected chi connectivity index (χ3v) is 2.09. The number of hydrogen-bond acceptors (Lipinski definition) is 4. The summed E-state index contributed by atoms with van der Waals surface area (Å²) in [4.78, 5) is 10.6. The zero-order chi connectivity index (χ0) is 11.4. The summed E-state index contributed by atoms with van der Waals surface area (Å²) in [5, 5.41) is 35.7. The number of phenols is 2. The molecule has 1 unspecified atom stereocenters. The van der Waals surface area contributed by atoms with Gasteiger partial charge in [0.1, 0.15) is 0 Å². The Bertz CT molecular complexity index is 361. The van der Waals surface area contributed by atoms with Crippen molar-refractivity contribution in [2.75, 3.05) is 6.61 Å². The lowest BCUT2D eigenvalue weighted by atomic mass is 10.00. The summed E-state index contributed by atoms with van der Waals surface area (Å²) in [6, 6.07) is 4.06. The van der Waals surface area contributed by atoms with Gasteiger partial charge in [0, 0.05) is 0 Å². The summed E-state index contributed by atoms with van der Waals surface area (Å²) in [6.07, 6.45) is 0.111. The predicted octanol–water partition coefficient (Wildman–Crippen LogP) is 0.333. The van der Waals surface area contributed by atoms with Gasteiger partial charge in [-0.2, -0.15) is 0 Å². The lowest BCUT2D eigenvalue weighted by Crippen LogP contribution is -2.20. The molecule has 0 aliphatic heterocycles. The fraction of sp³-hybridized carbons (Fsp3) is 0.300. The van der Waals surface area contributed by atoms with Gasteiger partial charge in [-0.3, -0.25) is 4.79 Å². The molecule has 1 aromatic rings. The molecular weight excluding hydrogens is 200 g/mol. The molecule has 5 nitrogen and oxygen atoms in total. The van der Waals surface area contributed by atoms with Gasteiger partial charge in [-0.15, -0.1) is 0 Å². The Morgan fingerprint density at radius 1 is 1.27 bits per heavy atom. The Hall–Kier alpha value is -1.75. The molecule has 0 saturated heterocycles. The van der Waals surface area contributed by atoms with Crippen LogP contribution in [0.5, 0.6) is 11.5 Å². The van der Waals surface area contributed by atoms with Gasteiger partial charge in [-0.25, -0.2) is 0 Å². The first-order valence-electron chi connectivity index (χ1n) is 4.39. The molecule has 0 saturated carbocycles. The molecule has 0 spiro atoms. The average Bonchev–Trinajstić information content (AvgIpc) is 2.19. The summed E-state index contributed by atoms with van der Waals surface area (Å²) < 4.78 is 0. The van der Waals surface area contributed by atoms with Gasteiger partial charge in [-0.05, 0) is 24.1 Å². The highest BCUT2D eigenvalue weighted by Gasteiger charge is 2.17. The molecule has 0 heterocycles. The van der Waals surface area contributed by atoms with Crippen LogP contribution in [0.25, 0.3) is 0 Å². The van der Waals surface area contributed by atoms with Crippen LogP contribution in [0.1, 0.15) is 5.56 Å². The fourth-order valence-corrected chi connectivity index (χ4v) is 1.21. The minimum absolute atomic E-state index is 0.111. The molecule has 4 N–H and O–H groups in total. The van der Waals surface area contributed by atoms with Crippen molar-refractivity contribution in [3.63, 3.8) is 0 Å². The Morgan fingerprint density at radius 2 is 1.93 bits per heavy atom. The Morgan fingerprint density at radius 3 is 2.40 bits per heavy atom. The van der Waals surface area contributed by atoms with Crippen molar-refractivity contribution in [1.82, 2.24) is 0 Å². The van der Waals surface area contributed by atoms with Gasteiger partial charge in [0.25, 0.3) is 0 Å². The number of carboxylic acid groups (broad SMARTS) is 1. The Balaban J connectivity index is 2.80. The number of aliphatic hydroxyl groups excluding tert-OH is 1. The number of rotatable bonds is 4. The molecule has 1 atom stereocenters. The lowest BCUT2D eigenvalue weighted by Gasteiger charge is -2.09. The topological polar surface area (TPSA) is 98.0 Å². The number of benzene rings is 1. The van der Waals surface area contributed by atoms with E-state index in [1.165, 1.54) is 18.2 Å². The second kappa shape index (κ2) is 4.65. The Kier molecular flexibility index (Phi) is 3.51. The third-order valence-electron chi connectivity index (χ3n) is 2.09. The molecule has 1 rings (SSSR count). The van der Waals surface area contributed by atoms with Crippen LogP contribution >= 0.6 is 0 Å². The van der Waals surface area contributed by atoms with E-state index in [0.29, 0.717) is 5.56 Å². The van der Waals surface area contributed by atoms with Crippen molar-refractivity contribution in [1.29, 1.82) is 0 Å². The van der Waals surface area contributed by atoms with Crippen LogP contribution in [0, 0.1) is 5.92 Å². The van der Waals surface area contributed by atoms with E-state index in [2.05, 4.69) is 0 Å². The molecule has 15 heavy (non-hydrogen) atoms. The van der Waals surface area contributed by atoms with Crippen LogP contribution in [0.3, 0.4) is 0 Å². The first-order chi connectivity index (χ1) is 7.04. The number of aliphatic hydroxyl groups is 1. The highest BCUT2D eigenvalue weighted by Crippen LogP contribution is 2.25. The monoisotopic (exact) mass is 212 g/mol. The number of aliphatic carboxylic acids is 1. The molecule has 1 aromatic carbocycles. The zero-order valence-electron chi connectivity index (χ0n) is 7.92. The summed E-state index contributed by atoms with van der Waals surface area (Å²) in [5.41, 5.74) is 0.548. The molecule has 0 radical (unpaired) electrons. The van der Waals surface area contributed by atoms with Gasteiger partial charge in [-0.1, -0.05) is 6.07 Å².